The molecule has 3 aromatic rings. The van der Waals surface area contributed by atoms with Crippen molar-refractivity contribution in [1.29, 1.82) is 0 Å². The quantitative estimate of drug-likeness (QED) is 0.571. The molecule has 168 valence electrons. The van der Waals surface area contributed by atoms with Gasteiger partial charge in [-0.3, -0.25) is 0 Å². The Morgan fingerprint density at radius 3 is 2.32 bits per heavy atom. The molecule has 2 aromatic heterocycles. The third-order valence-corrected chi connectivity index (χ3v) is 6.24. The molecule has 1 aromatic carbocycles. The third kappa shape index (κ3) is 4.72. The van der Waals surface area contributed by atoms with Crippen molar-refractivity contribution in [3.63, 3.8) is 0 Å². The summed E-state index contributed by atoms with van der Waals surface area (Å²) in [5, 5.41) is 18.0. The molecule has 0 saturated carbocycles. The number of benzene rings is 1. The lowest BCUT2D eigenvalue weighted by molar-refractivity contribution is -0.923. The number of hydrogen-bond donors (Lipinski definition) is 1. The molecule has 0 saturated heterocycles. The second kappa shape index (κ2) is 8.92. The molecule has 0 aliphatic heterocycles. The summed E-state index contributed by atoms with van der Waals surface area (Å²) in [6.45, 7) is 10.8. The number of halogens is 1. The number of quaternary nitrogens is 1. The lowest BCUT2D eigenvalue weighted by Crippen LogP contribution is -3.13. The SMILES string of the molecule is CC[C@](C)(c1nnnn1[C@@H]([C@H](Oc1ccc(Cl)cc1)n1cncn1)C(C)(C)C)[NH+](C)C. The molecule has 31 heavy (non-hydrogen) atoms. The van der Waals surface area contributed by atoms with Crippen LogP contribution in [0.2, 0.25) is 5.02 Å². The topological polar surface area (TPSA) is 88.0 Å². The first-order chi connectivity index (χ1) is 14.6. The van der Waals surface area contributed by atoms with Crippen LogP contribution in [0.25, 0.3) is 0 Å². The van der Waals surface area contributed by atoms with Crippen LogP contribution in [0.15, 0.2) is 36.9 Å². The van der Waals surface area contributed by atoms with Crippen molar-refractivity contribution in [2.45, 2.75) is 58.8 Å². The number of rotatable bonds is 8. The average molecular weight is 448 g/mol. The number of nitrogens with one attached hydrogen (secondary N) is 1. The van der Waals surface area contributed by atoms with Gasteiger partial charge in [0.1, 0.15) is 24.4 Å². The van der Waals surface area contributed by atoms with Crippen LogP contribution < -0.4 is 9.64 Å². The second-order valence-corrected chi connectivity index (χ2v) is 9.72. The number of nitrogens with zero attached hydrogens (tertiary/aromatic N) is 7. The molecule has 0 fully saturated rings. The van der Waals surface area contributed by atoms with Gasteiger partial charge in [-0.2, -0.15) is 5.10 Å². The van der Waals surface area contributed by atoms with E-state index in [1.165, 1.54) is 11.2 Å². The van der Waals surface area contributed by atoms with Gasteiger partial charge in [-0.25, -0.2) is 14.3 Å². The fourth-order valence-electron chi connectivity index (χ4n) is 3.66. The minimum atomic E-state index is -0.538. The van der Waals surface area contributed by atoms with Gasteiger partial charge in [0.15, 0.2) is 5.54 Å². The average Bonchev–Trinajstić information content (AvgIpc) is 3.39. The zero-order valence-electron chi connectivity index (χ0n) is 19.2. The molecule has 0 unspecified atom stereocenters. The van der Waals surface area contributed by atoms with Gasteiger partial charge >= 0.3 is 0 Å². The number of aromatic nitrogens is 7. The summed E-state index contributed by atoms with van der Waals surface area (Å²) in [5.74, 6) is 1.48. The van der Waals surface area contributed by atoms with Crippen LogP contribution in [0.1, 0.15) is 59.1 Å². The first-order valence-corrected chi connectivity index (χ1v) is 10.8. The van der Waals surface area contributed by atoms with Gasteiger partial charge in [0.25, 0.3) is 0 Å². The fraction of sp³-hybridized carbons (Fsp3) is 0.571. The lowest BCUT2D eigenvalue weighted by Gasteiger charge is -2.39. The van der Waals surface area contributed by atoms with Crippen molar-refractivity contribution in [2.75, 3.05) is 14.1 Å². The van der Waals surface area contributed by atoms with E-state index in [1.54, 1.807) is 23.1 Å². The molecule has 0 amide bonds. The van der Waals surface area contributed by atoms with E-state index in [0.29, 0.717) is 10.8 Å². The Bertz CT molecular complexity index is 964. The van der Waals surface area contributed by atoms with Crippen LogP contribution in [0, 0.1) is 5.41 Å². The molecule has 9 nitrogen and oxygen atoms in total. The fourth-order valence-corrected chi connectivity index (χ4v) is 3.79. The van der Waals surface area contributed by atoms with Gasteiger partial charge in [0.2, 0.25) is 12.1 Å². The van der Waals surface area contributed by atoms with Crippen LogP contribution in [0.5, 0.6) is 5.75 Å². The van der Waals surface area contributed by atoms with Gasteiger partial charge in [0.05, 0.1) is 14.1 Å². The predicted molar refractivity (Wildman–Crippen MR) is 118 cm³/mol. The monoisotopic (exact) mass is 447 g/mol. The molecule has 0 aliphatic rings. The van der Waals surface area contributed by atoms with Crippen molar-refractivity contribution < 1.29 is 9.64 Å². The van der Waals surface area contributed by atoms with Gasteiger partial charge < -0.3 is 9.64 Å². The molecule has 0 radical (unpaired) electrons. The van der Waals surface area contributed by atoms with E-state index in [2.05, 4.69) is 74.3 Å². The zero-order valence-corrected chi connectivity index (χ0v) is 20.0. The highest BCUT2D eigenvalue weighted by Crippen LogP contribution is 2.41. The van der Waals surface area contributed by atoms with Crippen molar-refractivity contribution >= 4 is 11.6 Å². The minimum Gasteiger partial charge on any atom is -0.466 e. The van der Waals surface area contributed by atoms with E-state index < -0.39 is 6.23 Å². The summed E-state index contributed by atoms with van der Waals surface area (Å²) in [6, 6.07) is 7.00. The summed E-state index contributed by atoms with van der Waals surface area (Å²) < 4.78 is 10.1. The van der Waals surface area contributed by atoms with Gasteiger partial charge in [-0.1, -0.05) is 39.3 Å². The second-order valence-electron chi connectivity index (χ2n) is 9.28. The zero-order chi connectivity index (χ0) is 22.8. The molecular weight excluding hydrogens is 416 g/mol. The van der Waals surface area contributed by atoms with E-state index in [1.807, 2.05) is 16.8 Å². The maximum atomic E-state index is 6.47. The molecule has 2 heterocycles. The molecule has 3 atom stereocenters. The van der Waals surface area contributed by atoms with Crippen LogP contribution >= 0.6 is 11.6 Å². The van der Waals surface area contributed by atoms with E-state index in [4.69, 9.17) is 16.3 Å². The lowest BCUT2D eigenvalue weighted by atomic mass is 9.84. The van der Waals surface area contributed by atoms with Crippen LogP contribution in [0.3, 0.4) is 0 Å². The van der Waals surface area contributed by atoms with Gasteiger partial charge in [-0.15, -0.1) is 5.10 Å². The third-order valence-electron chi connectivity index (χ3n) is 5.99. The Morgan fingerprint density at radius 1 is 1.13 bits per heavy atom. The predicted octanol–water partition coefficient (Wildman–Crippen LogP) is 2.55. The Labute approximate surface area is 188 Å². The molecule has 0 bridgehead atoms. The number of ether oxygens (including phenoxy) is 1. The maximum Gasteiger partial charge on any atom is 0.215 e. The van der Waals surface area contributed by atoms with Crippen LogP contribution in [0.4, 0.5) is 0 Å². The molecule has 3 rings (SSSR count). The first-order valence-electron chi connectivity index (χ1n) is 10.4. The van der Waals surface area contributed by atoms with Crippen molar-refractivity contribution in [3.05, 3.63) is 47.8 Å². The first kappa shape index (κ1) is 23.1. The van der Waals surface area contributed by atoms with E-state index in [-0.39, 0.29) is 17.0 Å². The number of hydrogen-bond acceptors (Lipinski definition) is 6. The minimum absolute atomic E-state index is 0.274. The summed E-state index contributed by atoms with van der Waals surface area (Å²) in [5.41, 5.74) is -0.552. The summed E-state index contributed by atoms with van der Waals surface area (Å²) in [7, 11) is 4.24. The highest BCUT2D eigenvalue weighted by Gasteiger charge is 2.45. The van der Waals surface area contributed by atoms with E-state index in [0.717, 1.165) is 12.2 Å². The van der Waals surface area contributed by atoms with Crippen LogP contribution in [-0.2, 0) is 5.54 Å². The highest BCUT2D eigenvalue weighted by molar-refractivity contribution is 6.30. The summed E-state index contributed by atoms with van der Waals surface area (Å²) >= 11 is 6.06. The Balaban J connectivity index is 2.15. The molecule has 0 aliphatic carbocycles. The van der Waals surface area contributed by atoms with Gasteiger partial charge in [-0.05, 0) is 47.0 Å². The molecular formula is C21H32ClN8O+. The maximum absolute atomic E-state index is 6.47. The van der Waals surface area contributed by atoms with Crippen LogP contribution in [-0.4, -0.2) is 49.1 Å². The van der Waals surface area contributed by atoms with Gasteiger partial charge in [0, 0.05) is 11.4 Å². The largest absolute Gasteiger partial charge is 0.466 e. The highest BCUT2D eigenvalue weighted by atomic mass is 35.5. The van der Waals surface area contributed by atoms with E-state index >= 15 is 0 Å². The Morgan fingerprint density at radius 2 is 1.81 bits per heavy atom. The summed E-state index contributed by atoms with van der Waals surface area (Å²) in [6.07, 6.45) is 3.49. The Kier molecular flexibility index (Phi) is 6.66. The standard InChI is InChI=1S/C21H31ClN8O/c1-8-21(5,28(6)7)19-25-26-27-30(19)17(20(2,3)4)18(29-14-23-13-24-29)31-16-11-9-15(22)10-12-16/h9-14,17-18H,8H2,1-7H3/p+1/t17-,18-,21+/m0/s1. The molecule has 1 N–H and O–H groups in total. The molecule has 0 spiro atoms. The van der Waals surface area contributed by atoms with Crippen molar-refractivity contribution in [2.24, 2.45) is 5.41 Å². The smallest absolute Gasteiger partial charge is 0.215 e. The summed E-state index contributed by atoms with van der Waals surface area (Å²) in [4.78, 5) is 5.39. The molecule has 10 heteroatoms. The van der Waals surface area contributed by atoms with E-state index in [9.17, 15) is 0 Å². The Hall–Kier alpha value is -2.52. The van der Waals surface area contributed by atoms with Crippen molar-refractivity contribution in [3.8, 4) is 5.75 Å². The number of tetrazole rings is 1. The normalized spacial score (nSPS) is 16.2. The van der Waals surface area contributed by atoms with Crippen molar-refractivity contribution in [1.82, 2.24) is 35.0 Å².